The molecule has 0 aromatic heterocycles. The van der Waals surface area contributed by atoms with Crippen LogP contribution >= 0.6 is 0 Å². The van der Waals surface area contributed by atoms with Gasteiger partial charge in [-0.2, -0.15) is 0 Å². The van der Waals surface area contributed by atoms with E-state index in [4.69, 9.17) is 10.8 Å². The molecule has 0 saturated carbocycles. The number of primary amides is 1. The van der Waals surface area contributed by atoms with Gasteiger partial charge in [-0.25, -0.2) is 0 Å². The van der Waals surface area contributed by atoms with E-state index in [-0.39, 0.29) is 12.5 Å². The lowest BCUT2D eigenvalue weighted by Crippen LogP contribution is -2.46. The summed E-state index contributed by atoms with van der Waals surface area (Å²) in [6, 6.07) is 8.24. The van der Waals surface area contributed by atoms with Gasteiger partial charge in [0.05, 0.1) is 13.2 Å². The molecule has 1 aromatic carbocycles. The number of nitrogens with two attached hydrogens (primary N) is 1. The maximum Gasteiger partial charge on any atom is 0.231 e. The molecular formula is C15H23N3O2. The number of aliphatic hydroxyl groups is 1. The van der Waals surface area contributed by atoms with Gasteiger partial charge in [-0.3, -0.25) is 9.69 Å². The van der Waals surface area contributed by atoms with Gasteiger partial charge in [-0.1, -0.05) is 24.3 Å². The third-order valence-corrected chi connectivity index (χ3v) is 3.78. The minimum Gasteiger partial charge on any atom is -0.392 e. The summed E-state index contributed by atoms with van der Waals surface area (Å²) < 4.78 is 0. The Labute approximate surface area is 119 Å². The van der Waals surface area contributed by atoms with E-state index in [1.807, 2.05) is 24.3 Å². The number of amides is 1. The highest BCUT2D eigenvalue weighted by atomic mass is 16.3. The van der Waals surface area contributed by atoms with Crippen molar-refractivity contribution in [2.75, 3.05) is 19.6 Å². The van der Waals surface area contributed by atoms with Crippen molar-refractivity contribution in [3.8, 4) is 0 Å². The number of carbonyl (C=O) groups is 1. The summed E-state index contributed by atoms with van der Waals surface area (Å²) in [5.74, 6) is -0.282. The van der Waals surface area contributed by atoms with Crippen molar-refractivity contribution >= 4 is 5.91 Å². The van der Waals surface area contributed by atoms with E-state index < -0.39 is 0 Å². The summed E-state index contributed by atoms with van der Waals surface area (Å²) in [4.78, 5) is 13.4. The van der Waals surface area contributed by atoms with E-state index >= 15 is 0 Å². The predicted molar refractivity (Wildman–Crippen MR) is 77.9 cm³/mol. The van der Waals surface area contributed by atoms with Crippen molar-refractivity contribution in [3.63, 3.8) is 0 Å². The molecule has 2 rings (SSSR count). The van der Waals surface area contributed by atoms with Crippen molar-refractivity contribution in [1.29, 1.82) is 0 Å². The zero-order valence-electron chi connectivity index (χ0n) is 11.7. The number of nitrogens with one attached hydrogen (secondary N) is 1. The number of nitrogens with zero attached hydrogens (tertiary/aromatic N) is 1. The Morgan fingerprint density at radius 1 is 1.25 bits per heavy atom. The molecule has 1 fully saturated rings. The molecule has 20 heavy (non-hydrogen) atoms. The zero-order valence-corrected chi connectivity index (χ0v) is 11.7. The predicted octanol–water partition coefficient (Wildman–Crippen LogP) is 0.218. The molecule has 0 bridgehead atoms. The largest absolute Gasteiger partial charge is 0.392 e. The van der Waals surface area contributed by atoms with Gasteiger partial charge in [-0.15, -0.1) is 0 Å². The van der Waals surface area contributed by atoms with Gasteiger partial charge in [-0.05, 0) is 37.1 Å². The molecule has 4 N–H and O–H groups in total. The lowest BCUT2D eigenvalue weighted by Gasteiger charge is -2.33. The van der Waals surface area contributed by atoms with Crippen LogP contribution in [0, 0.1) is 0 Å². The average molecular weight is 277 g/mol. The van der Waals surface area contributed by atoms with Crippen LogP contribution in [0.3, 0.4) is 0 Å². The van der Waals surface area contributed by atoms with E-state index in [1.165, 1.54) is 0 Å². The first-order valence-corrected chi connectivity index (χ1v) is 7.11. The van der Waals surface area contributed by atoms with Gasteiger partial charge < -0.3 is 16.2 Å². The van der Waals surface area contributed by atoms with E-state index in [9.17, 15) is 4.79 Å². The molecule has 0 atom stereocenters. The number of aliphatic hydroxyl groups excluding tert-OH is 1. The zero-order chi connectivity index (χ0) is 14.4. The second kappa shape index (κ2) is 7.38. The Balaban J connectivity index is 2.03. The molecule has 5 heteroatoms. The van der Waals surface area contributed by atoms with Crippen molar-refractivity contribution in [2.45, 2.75) is 32.0 Å². The highest BCUT2D eigenvalue weighted by Gasteiger charge is 2.22. The van der Waals surface area contributed by atoms with Crippen LogP contribution in [-0.2, 0) is 17.9 Å². The van der Waals surface area contributed by atoms with Gasteiger partial charge in [0.1, 0.15) is 0 Å². The van der Waals surface area contributed by atoms with Crippen LogP contribution in [-0.4, -0.2) is 41.6 Å². The smallest absolute Gasteiger partial charge is 0.231 e. The summed E-state index contributed by atoms with van der Waals surface area (Å²) in [6.45, 7) is 3.05. The molecule has 0 aliphatic carbocycles. The van der Waals surface area contributed by atoms with Gasteiger partial charge in [0.25, 0.3) is 0 Å². The van der Waals surface area contributed by atoms with E-state index in [1.54, 1.807) is 0 Å². The summed E-state index contributed by atoms with van der Waals surface area (Å²) in [6.07, 6.45) is 2.09. The minimum absolute atomic E-state index is 0.0551. The first-order valence-electron chi connectivity index (χ1n) is 7.11. The molecule has 0 unspecified atom stereocenters. The van der Waals surface area contributed by atoms with Crippen molar-refractivity contribution in [1.82, 2.24) is 10.2 Å². The summed E-state index contributed by atoms with van der Waals surface area (Å²) >= 11 is 0. The highest BCUT2D eigenvalue weighted by molar-refractivity contribution is 5.75. The molecule has 1 heterocycles. The van der Waals surface area contributed by atoms with Crippen molar-refractivity contribution in [3.05, 3.63) is 35.4 Å². The number of piperidine rings is 1. The molecule has 110 valence electrons. The quantitative estimate of drug-likeness (QED) is 0.695. The number of hydrogen-bond donors (Lipinski definition) is 3. The molecule has 1 amide bonds. The second-order valence-electron chi connectivity index (χ2n) is 5.33. The maximum absolute atomic E-state index is 11.3. The lowest BCUT2D eigenvalue weighted by atomic mass is 10.0. The Kier molecular flexibility index (Phi) is 5.52. The molecule has 0 radical (unpaired) electrons. The Hall–Kier alpha value is -1.43. The summed E-state index contributed by atoms with van der Waals surface area (Å²) in [7, 11) is 0. The molecule has 1 aliphatic rings. The third-order valence-electron chi connectivity index (χ3n) is 3.78. The minimum atomic E-state index is -0.282. The SMILES string of the molecule is NC(=O)CN(Cc1ccc(CO)cc1)C1CCNCC1. The van der Waals surface area contributed by atoms with Crippen LogP contribution in [0.4, 0.5) is 0 Å². The molecule has 1 aliphatic heterocycles. The Morgan fingerprint density at radius 3 is 2.40 bits per heavy atom. The molecule has 5 nitrogen and oxygen atoms in total. The topological polar surface area (TPSA) is 78.6 Å². The molecular weight excluding hydrogens is 254 g/mol. The van der Waals surface area contributed by atoms with E-state index in [0.29, 0.717) is 12.6 Å². The Morgan fingerprint density at radius 2 is 1.85 bits per heavy atom. The molecule has 0 spiro atoms. The lowest BCUT2D eigenvalue weighted by molar-refractivity contribution is -0.120. The number of hydrogen-bond acceptors (Lipinski definition) is 4. The van der Waals surface area contributed by atoms with Crippen LogP contribution < -0.4 is 11.1 Å². The monoisotopic (exact) mass is 277 g/mol. The standard InChI is InChI=1S/C15H23N3O2/c16-15(20)10-18(14-5-7-17-8-6-14)9-12-1-3-13(11-19)4-2-12/h1-4,14,17,19H,5-11H2,(H2,16,20). The van der Waals surface area contributed by atoms with Gasteiger partial charge >= 0.3 is 0 Å². The van der Waals surface area contributed by atoms with Crippen molar-refractivity contribution in [2.24, 2.45) is 5.73 Å². The maximum atomic E-state index is 11.3. The van der Waals surface area contributed by atoms with Gasteiger partial charge in [0, 0.05) is 12.6 Å². The summed E-state index contributed by atoms with van der Waals surface area (Å²) in [5.41, 5.74) is 7.41. The molecule has 1 saturated heterocycles. The normalized spacial score (nSPS) is 16.5. The molecule has 1 aromatic rings. The van der Waals surface area contributed by atoms with Gasteiger partial charge in [0.15, 0.2) is 0 Å². The van der Waals surface area contributed by atoms with Gasteiger partial charge in [0.2, 0.25) is 5.91 Å². The number of benzene rings is 1. The van der Waals surface area contributed by atoms with Crippen molar-refractivity contribution < 1.29 is 9.90 Å². The fourth-order valence-corrected chi connectivity index (χ4v) is 2.67. The van der Waals surface area contributed by atoms with Crippen LogP contribution in [0.15, 0.2) is 24.3 Å². The fourth-order valence-electron chi connectivity index (χ4n) is 2.67. The Bertz CT molecular complexity index is 427. The first kappa shape index (κ1) is 15.0. The van der Waals surface area contributed by atoms with Crippen LogP contribution in [0.5, 0.6) is 0 Å². The average Bonchev–Trinajstić information content (AvgIpc) is 2.48. The summed E-state index contributed by atoms with van der Waals surface area (Å²) in [5, 5.41) is 12.4. The van der Waals surface area contributed by atoms with E-state index in [0.717, 1.165) is 43.6 Å². The van der Waals surface area contributed by atoms with Crippen LogP contribution in [0.25, 0.3) is 0 Å². The third kappa shape index (κ3) is 4.30. The fraction of sp³-hybridized carbons (Fsp3) is 0.533. The van der Waals surface area contributed by atoms with Crippen LogP contribution in [0.2, 0.25) is 0 Å². The number of rotatable bonds is 6. The van der Waals surface area contributed by atoms with Crippen LogP contribution in [0.1, 0.15) is 24.0 Å². The highest BCUT2D eigenvalue weighted by Crippen LogP contribution is 2.16. The van der Waals surface area contributed by atoms with E-state index in [2.05, 4.69) is 10.2 Å². The second-order valence-corrected chi connectivity index (χ2v) is 5.33. The first-order chi connectivity index (χ1) is 9.69. The number of carbonyl (C=O) groups excluding carboxylic acids is 1.